The topological polar surface area (TPSA) is 97.6 Å². The maximum Gasteiger partial charge on any atom is 0.247 e. The van der Waals surface area contributed by atoms with E-state index in [1.165, 1.54) is 81.6 Å². The van der Waals surface area contributed by atoms with E-state index in [-0.39, 0.29) is 21.5 Å². The molecule has 9 heteroatoms. The minimum absolute atomic E-state index is 0.00288. The maximum atomic E-state index is 13.1. The number of aryl methyl sites for hydroxylation is 1. The van der Waals surface area contributed by atoms with E-state index in [1.54, 1.807) is 18.2 Å². The van der Waals surface area contributed by atoms with Gasteiger partial charge in [-0.15, -0.1) is 0 Å². The molecule has 0 aliphatic carbocycles. The second kappa shape index (κ2) is 18.2. The molecule has 280 valence electrons. The third-order valence-electron chi connectivity index (χ3n) is 9.70. The number of unbranched alkanes of at least 4 members (excludes halogenated alkanes) is 13. The molecular weight excluding hydrogens is 663 g/mol. The minimum Gasteiger partial charge on any atom is -0.344 e. The molecule has 7 nitrogen and oxygen atoms in total. The zero-order valence-electron chi connectivity index (χ0n) is 32.5. The number of benzene rings is 2. The van der Waals surface area contributed by atoms with Gasteiger partial charge in [-0.05, 0) is 70.3 Å². The summed E-state index contributed by atoms with van der Waals surface area (Å²) in [6, 6.07) is 13.4. The van der Waals surface area contributed by atoms with Crippen molar-refractivity contribution in [2.45, 2.75) is 154 Å². The van der Waals surface area contributed by atoms with Gasteiger partial charge in [-0.1, -0.05) is 138 Å². The van der Waals surface area contributed by atoms with Crippen LogP contribution < -0.4 is 10.2 Å². The average molecular weight is 728 g/mol. The highest BCUT2D eigenvalue weighted by atomic mass is 32.2. The number of nitrogens with zero attached hydrogens (tertiary/aromatic N) is 2. The summed E-state index contributed by atoms with van der Waals surface area (Å²) in [7, 11) is -5.23. The summed E-state index contributed by atoms with van der Waals surface area (Å²) >= 11 is 0. The van der Waals surface area contributed by atoms with Crippen LogP contribution in [0.4, 0.5) is 0 Å². The molecule has 0 atom stereocenters. The quantitative estimate of drug-likeness (QED) is 0.0982. The Bertz CT molecular complexity index is 1810. The third kappa shape index (κ3) is 12.8. The van der Waals surface area contributed by atoms with Gasteiger partial charge < -0.3 is 4.57 Å². The first-order chi connectivity index (χ1) is 23.3. The Morgan fingerprint density at radius 3 is 1.60 bits per heavy atom. The molecule has 0 saturated carbocycles. The van der Waals surface area contributed by atoms with E-state index in [0.29, 0.717) is 17.2 Å². The van der Waals surface area contributed by atoms with Crippen molar-refractivity contribution in [1.29, 1.82) is 0 Å². The Labute approximate surface area is 304 Å². The molecule has 0 unspecified atom stereocenters. The van der Waals surface area contributed by atoms with Crippen molar-refractivity contribution in [1.82, 2.24) is 9.40 Å². The molecule has 0 aliphatic rings. The number of rotatable bonds is 19. The Hall–Kier alpha value is -2.65. The summed E-state index contributed by atoms with van der Waals surface area (Å²) in [5, 5.41) is 5.37. The summed E-state index contributed by atoms with van der Waals surface area (Å²) in [5.41, 5.74) is 4.79. The molecular formula is C41H65N3O4S2. The Balaban J connectivity index is 1.79. The average Bonchev–Trinajstić information content (AvgIpc) is 3.03. The zero-order valence-corrected chi connectivity index (χ0v) is 34.1. The fourth-order valence-electron chi connectivity index (χ4n) is 6.34. The highest BCUT2D eigenvalue weighted by molar-refractivity contribution is 7.90. The van der Waals surface area contributed by atoms with Crippen molar-refractivity contribution < 1.29 is 16.8 Å². The van der Waals surface area contributed by atoms with E-state index in [4.69, 9.17) is 0 Å². The molecule has 0 amide bonds. The van der Waals surface area contributed by atoms with Gasteiger partial charge in [-0.2, -0.15) is 5.10 Å². The van der Waals surface area contributed by atoms with Gasteiger partial charge in [-0.3, -0.25) is 0 Å². The number of hydrogen-bond donors (Lipinski definition) is 1. The van der Waals surface area contributed by atoms with Gasteiger partial charge in [0.05, 0.1) is 27.2 Å². The van der Waals surface area contributed by atoms with Crippen LogP contribution in [-0.4, -0.2) is 33.4 Å². The van der Waals surface area contributed by atoms with Crippen molar-refractivity contribution in [3.8, 4) is 11.3 Å². The van der Waals surface area contributed by atoms with Gasteiger partial charge in [0.25, 0.3) is 0 Å². The number of hydrogen-bond acceptors (Lipinski definition) is 5. The lowest BCUT2D eigenvalue weighted by molar-refractivity contribution is 0.536. The van der Waals surface area contributed by atoms with Gasteiger partial charge in [0.2, 0.25) is 10.0 Å². The number of sulfone groups is 1. The number of sulfonamides is 1. The Morgan fingerprint density at radius 1 is 0.660 bits per heavy atom. The Kier molecular flexibility index (Phi) is 15.2. The monoisotopic (exact) mass is 727 g/mol. The molecule has 0 saturated heterocycles. The molecule has 2 aromatic carbocycles. The van der Waals surface area contributed by atoms with Crippen molar-refractivity contribution >= 4 is 30.8 Å². The van der Waals surface area contributed by atoms with Crippen molar-refractivity contribution in [2.24, 2.45) is 12.1 Å². The second-order valence-corrected chi connectivity index (χ2v) is 20.2. The first-order valence-electron chi connectivity index (χ1n) is 18.9. The summed E-state index contributed by atoms with van der Waals surface area (Å²) in [6.45, 7) is 15.4. The number of nitrogens with one attached hydrogen (secondary N) is 1. The van der Waals surface area contributed by atoms with Gasteiger partial charge in [0, 0.05) is 18.7 Å². The predicted molar refractivity (Wildman–Crippen MR) is 212 cm³/mol. The van der Waals surface area contributed by atoms with Crippen molar-refractivity contribution in [3.63, 3.8) is 0 Å². The summed E-state index contributed by atoms with van der Waals surface area (Å²) < 4.78 is 53.3. The van der Waals surface area contributed by atoms with E-state index in [1.807, 2.05) is 17.7 Å². The fourth-order valence-corrected chi connectivity index (χ4v) is 7.90. The summed E-state index contributed by atoms with van der Waals surface area (Å²) in [6.07, 6.45) is 18.0. The van der Waals surface area contributed by atoms with Crippen LogP contribution in [-0.2, 0) is 37.7 Å². The molecule has 0 bridgehead atoms. The van der Waals surface area contributed by atoms with E-state index < -0.39 is 19.9 Å². The molecule has 1 N–H and O–H groups in total. The molecule has 50 heavy (non-hydrogen) atoms. The number of aromatic nitrogens is 1. The largest absolute Gasteiger partial charge is 0.344 e. The molecule has 3 aromatic rings. The van der Waals surface area contributed by atoms with Crippen molar-refractivity contribution in [3.05, 3.63) is 58.9 Å². The van der Waals surface area contributed by atoms with Crippen LogP contribution in [0.25, 0.3) is 22.2 Å². The predicted octanol–water partition coefficient (Wildman–Crippen LogP) is 10.1. The van der Waals surface area contributed by atoms with Crippen LogP contribution in [0.2, 0.25) is 0 Å². The molecule has 1 heterocycles. The minimum atomic E-state index is -3.68. The van der Waals surface area contributed by atoms with Crippen LogP contribution in [0.5, 0.6) is 0 Å². The van der Waals surface area contributed by atoms with E-state index >= 15 is 0 Å². The third-order valence-corrected chi connectivity index (χ3v) is 12.0. The molecule has 3 rings (SSSR count). The van der Waals surface area contributed by atoms with Crippen molar-refractivity contribution in [2.75, 3.05) is 12.0 Å². The number of fused-ring (bicyclic) bond motifs is 1. The SMILES string of the molecule is CCCCCCCCCCCCCCCCS(=O)(=O)N/N=c1/cc(-c2cc(C(C)(C)C)cc(C(C)(C)C)c2)n(C)c2ccc(S(C)(=O)=O)cc12. The zero-order chi connectivity index (χ0) is 37.2. The van der Waals surface area contributed by atoms with Crippen LogP contribution in [0, 0.1) is 0 Å². The fraction of sp³-hybridized carbons (Fsp3) is 0.634. The van der Waals surface area contributed by atoms with Crippen LogP contribution in [0.3, 0.4) is 0 Å². The van der Waals surface area contributed by atoms with Gasteiger partial charge in [0.1, 0.15) is 0 Å². The molecule has 0 spiro atoms. The highest BCUT2D eigenvalue weighted by Gasteiger charge is 2.22. The first-order valence-corrected chi connectivity index (χ1v) is 22.4. The Morgan fingerprint density at radius 2 is 1.14 bits per heavy atom. The highest BCUT2D eigenvalue weighted by Crippen LogP contribution is 2.34. The normalized spacial score (nSPS) is 13.3. The smallest absolute Gasteiger partial charge is 0.247 e. The maximum absolute atomic E-state index is 13.1. The molecule has 0 radical (unpaired) electrons. The van der Waals surface area contributed by atoms with Gasteiger partial charge in [0.15, 0.2) is 9.84 Å². The van der Waals surface area contributed by atoms with Gasteiger partial charge >= 0.3 is 0 Å². The summed E-state index contributed by atoms with van der Waals surface area (Å²) in [5.74, 6) is -0.00288. The lowest BCUT2D eigenvalue weighted by atomic mass is 9.79. The molecule has 0 fully saturated rings. The van der Waals surface area contributed by atoms with E-state index in [2.05, 4.69) is 76.6 Å². The molecule has 0 aliphatic heterocycles. The van der Waals surface area contributed by atoms with E-state index in [0.717, 1.165) is 36.0 Å². The van der Waals surface area contributed by atoms with Crippen LogP contribution >= 0.6 is 0 Å². The van der Waals surface area contributed by atoms with Crippen LogP contribution in [0.1, 0.15) is 149 Å². The molecule has 1 aromatic heterocycles. The lowest BCUT2D eigenvalue weighted by Gasteiger charge is -2.27. The first kappa shape index (κ1) is 41.8. The van der Waals surface area contributed by atoms with E-state index in [9.17, 15) is 16.8 Å². The number of pyridine rings is 1. The van der Waals surface area contributed by atoms with Crippen LogP contribution in [0.15, 0.2) is 52.5 Å². The standard InChI is InChI=1S/C41H65N3O4S2/c1-10-11-12-13-14-15-16-17-18-19-20-21-22-23-26-50(47,48)43-42-37-31-39(44(8)38-25-24-35(30-36(37)38)49(9,45)46)32-27-33(40(2,3)4)29-34(28-32)41(5,6)7/h24-25,27-31,43H,10-23,26H2,1-9H3/b42-37-. The lowest BCUT2D eigenvalue weighted by Crippen LogP contribution is -2.25. The summed E-state index contributed by atoms with van der Waals surface area (Å²) in [4.78, 5) is 2.64. The van der Waals surface area contributed by atoms with Gasteiger partial charge in [-0.25, -0.2) is 21.7 Å². The second-order valence-electron chi connectivity index (χ2n) is 16.3.